The predicted octanol–water partition coefficient (Wildman–Crippen LogP) is 3.56. The van der Waals surface area contributed by atoms with Gasteiger partial charge in [-0.15, -0.1) is 0 Å². The highest BCUT2D eigenvalue weighted by Crippen LogP contribution is 2.37. The zero-order valence-electron chi connectivity index (χ0n) is 8.61. The smallest absolute Gasteiger partial charge is 0.00952 e. The van der Waals surface area contributed by atoms with Crippen LogP contribution in [0.25, 0.3) is 0 Å². The molecule has 0 fully saturated rings. The summed E-state index contributed by atoms with van der Waals surface area (Å²) < 4.78 is 0. The van der Waals surface area contributed by atoms with Crippen LogP contribution in [0.5, 0.6) is 0 Å². The molecule has 0 saturated heterocycles. The molecule has 1 unspecified atom stereocenters. The Morgan fingerprint density at radius 2 is 1.93 bits per heavy atom. The molecule has 0 saturated carbocycles. The van der Waals surface area contributed by atoms with E-state index in [0.717, 1.165) is 0 Å². The highest BCUT2D eigenvalue weighted by atomic mass is 14.3. The maximum Gasteiger partial charge on any atom is 0.00952 e. The minimum absolute atomic E-state index is 0.607. The summed E-state index contributed by atoms with van der Waals surface area (Å²) in [7, 11) is 0. The minimum atomic E-state index is 0.607. The second kappa shape index (κ2) is 3.54. The summed E-state index contributed by atoms with van der Waals surface area (Å²) >= 11 is 0. The summed E-state index contributed by atoms with van der Waals surface area (Å²) in [4.78, 5) is 0. The SMILES string of the molecule is [c]1ccc2c(c1)CCC2c1ccccc1. The van der Waals surface area contributed by atoms with Crippen molar-refractivity contribution in [1.82, 2.24) is 0 Å². The lowest BCUT2D eigenvalue weighted by molar-refractivity contribution is 0.788. The van der Waals surface area contributed by atoms with Gasteiger partial charge in [0.15, 0.2) is 0 Å². The summed E-state index contributed by atoms with van der Waals surface area (Å²) in [5, 5.41) is 0. The molecule has 0 aromatic heterocycles. The van der Waals surface area contributed by atoms with E-state index >= 15 is 0 Å². The summed E-state index contributed by atoms with van der Waals surface area (Å²) in [6.07, 6.45) is 2.45. The number of benzene rings is 2. The molecule has 1 aliphatic rings. The first-order chi connectivity index (χ1) is 7.45. The first-order valence-electron chi connectivity index (χ1n) is 5.49. The monoisotopic (exact) mass is 193 g/mol. The number of aryl methyl sites for hydroxylation is 1. The molecule has 1 atom stereocenters. The second-order valence-corrected chi connectivity index (χ2v) is 4.13. The predicted molar refractivity (Wildman–Crippen MR) is 61.9 cm³/mol. The van der Waals surface area contributed by atoms with Crippen LogP contribution in [0, 0.1) is 6.07 Å². The van der Waals surface area contributed by atoms with Crippen molar-refractivity contribution in [3.8, 4) is 0 Å². The molecule has 0 bridgehead atoms. The molecule has 73 valence electrons. The average molecular weight is 193 g/mol. The van der Waals surface area contributed by atoms with Crippen molar-refractivity contribution in [3.05, 3.63) is 71.3 Å². The largest absolute Gasteiger partial charge is 0.0622 e. The third-order valence-corrected chi connectivity index (χ3v) is 3.27. The maximum atomic E-state index is 3.16. The van der Waals surface area contributed by atoms with Gasteiger partial charge in [-0.1, -0.05) is 48.5 Å². The molecular formula is C15H13. The summed E-state index contributed by atoms with van der Waals surface area (Å²) in [6, 6.07) is 20.4. The Bertz CT molecular complexity index is 456. The molecule has 0 aliphatic heterocycles. The lowest BCUT2D eigenvalue weighted by Gasteiger charge is -2.11. The zero-order valence-corrected chi connectivity index (χ0v) is 8.61. The van der Waals surface area contributed by atoms with Crippen molar-refractivity contribution in [3.63, 3.8) is 0 Å². The van der Waals surface area contributed by atoms with Crippen molar-refractivity contribution in [2.24, 2.45) is 0 Å². The Morgan fingerprint density at radius 1 is 1.07 bits per heavy atom. The average Bonchev–Trinajstić information content (AvgIpc) is 2.74. The van der Waals surface area contributed by atoms with Crippen LogP contribution in [0.15, 0.2) is 48.5 Å². The molecule has 1 radical (unpaired) electrons. The molecule has 3 rings (SSSR count). The number of hydrogen-bond acceptors (Lipinski definition) is 0. The second-order valence-electron chi connectivity index (χ2n) is 4.13. The van der Waals surface area contributed by atoms with Gasteiger partial charge < -0.3 is 0 Å². The fraction of sp³-hybridized carbons (Fsp3) is 0.200. The number of hydrogen-bond donors (Lipinski definition) is 0. The Morgan fingerprint density at radius 3 is 2.80 bits per heavy atom. The summed E-state index contributed by atoms with van der Waals surface area (Å²) in [6.45, 7) is 0. The summed E-state index contributed by atoms with van der Waals surface area (Å²) in [5.74, 6) is 0.607. The van der Waals surface area contributed by atoms with Crippen molar-refractivity contribution >= 4 is 0 Å². The Balaban J connectivity index is 2.05. The first kappa shape index (κ1) is 8.72. The van der Waals surface area contributed by atoms with Crippen LogP contribution in [-0.2, 0) is 6.42 Å². The lowest BCUT2D eigenvalue weighted by Crippen LogP contribution is -1.94. The third-order valence-electron chi connectivity index (χ3n) is 3.27. The third kappa shape index (κ3) is 1.46. The van der Waals surface area contributed by atoms with Gasteiger partial charge in [0, 0.05) is 5.92 Å². The molecular weight excluding hydrogens is 180 g/mol. The van der Waals surface area contributed by atoms with Crippen molar-refractivity contribution in [2.75, 3.05) is 0 Å². The molecule has 0 nitrogen and oxygen atoms in total. The topological polar surface area (TPSA) is 0 Å². The van der Waals surface area contributed by atoms with Gasteiger partial charge in [-0.3, -0.25) is 0 Å². The molecule has 15 heavy (non-hydrogen) atoms. The van der Waals surface area contributed by atoms with Crippen LogP contribution < -0.4 is 0 Å². The Hall–Kier alpha value is -1.56. The van der Waals surface area contributed by atoms with E-state index in [4.69, 9.17) is 0 Å². The van der Waals surface area contributed by atoms with Gasteiger partial charge in [0.25, 0.3) is 0 Å². The first-order valence-corrected chi connectivity index (χ1v) is 5.49. The standard InChI is InChI=1S/C15H13/c1-2-6-12(7-3-1)15-11-10-13-8-4-5-9-14(13)15/h1-3,5-9,15H,10-11H2. The van der Waals surface area contributed by atoms with Gasteiger partial charge in [-0.2, -0.15) is 0 Å². The fourth-order valence-corrected chi connectivity index (χ4v) is 2.52. The van der Waals surface area contributed by atoms with Crippen LogP contribution >= 0.6 is 0 Å². The van der Waals surface area contributed by atoms with E-state index in [2.05, 4.69) is 48.5 Å². The highest BCUT2D eigenvalue weighted by Gasteiger charge is 2.22. The summed E-state index contributed by atoms with van der Waals surface area (Å²) in [5.41, 5.74) is 4.42. The molecule has 0 heteroatoms. The normalized spacial score (nSPS) is 18.8. The van der Waals surface area contributed by atoms with Crippen molar-refractivity contribution in [2.45, 2.75) is 18.8 Å². The Kier molecular flexibility index (Phi) is 2.06. The van der Waals surface area contributed by atoms with Gasteiger partial charge in [0.2, 0.25) is 0 Å². The quantitative estimate of drug-likeness (QED) is 0.649. The van der Waals surface area contributed by atoms with Crippen LogP contribution in [0.4, 0.5) is 0 Å². The molecule has 1 aliphatic carbocycles. The van der Waals surface area contributed by atoms with E-state index < -0.39 is 0 Å². The molecule has 0 amide bonds. The van der Waals surface area contributed by atoms with E-state index in [0.29, 0.717) is 5.92 Å². The van der Waals surface area contributed by atoms with Crippen molar-refractivity contribution < 1.29 is 0 Å². The molecule has 2 aromatic carbocycles. The van der Waals surface area contributed by atoms with Gasteiger partial charge in [0.1, 0.15) is 0 Å². The molecule has 0 heterocycles. The number of rotatable bonds is 1. The van der Waals surface area contributed by atoms with Gasteiger partial charge >= 0.3 is 0 Å². The highest BCUT2D eigenvalue weighted by molar-refractivity contribution is 5.41. The van der Waals surface area contributed by atoms with Crippen LogP contribution in [-0.4, -0.2) is 0 Å². The molecule has 0 spiro atoms. The number of fused-ring (bicyclic) bond motifs is 1. The van der Waals surface area contributed by atoms with Gasteiger partial charge in [-0.05, 0) is 35.6 Å². The van der Waals surface area contributed by atoms with E-state index in [-0.39, 0.29) is 0 Å². The fourth-order valence-electron chi connectivity index (χ4n) is 2.52. The van der Waals surface area contributed by atoms with E-state index in [9.17, 15) is 0 Å². The molecule has 0 N–H and O–H groups in total. The van der Waals surface area contributed by atoms with Crippen LogP contribution in [0.1, 0.15) is 29.0 Å². The maximum absolute atomic E-state index is 3.16. The van der Waals surface area contributed by atoms with E-state index in [1.54, 1.807) is 0 Å². The minimum Gasteiger partial charge on any atom is -0.0622 e. The van der Waals surface area contributed by atoms with Crippen LogP contribution in [0.2, 0.25) is 0 Å². The van der Waals surface area contributed by atoms with E-state index in [1.165, 1.54) is 29.5 Å². The van der Waals surface area contributed by atoms with Crippen molar-refractivity contribution in [1.29, 1.82) is 0 Å². The zero-order chi connectivity index (χ0) is 10.1. The van der Waals surface area contributed by atoms with Gasteiger partial charge in [0.05, 0.1) is 0 Å². The molecule has 2 aromatic rings. The van der Waals surface area contributed by atoms with Gasteiger partial charge in [-0.25, -0.2) is 0 Å². The lowest BCUT2D eigenvalue weighted by atomic mass is 9.93. The van der Waals surface area contributed by atoms with E-state index in [1.807, 2.05) is 6.07 Å². The van der Waals surface area contributed by atoms with Crippen LogP contribution in [0.3, 0.4) is 0 Å². The Labute approximate surface area is 90.6 Å².